The summed E-state index contributed by atoms with van der Waals surface area (Å²) < 4.78 is 12.7. The van der Waals surface area contributed by atoms with Crippen molar-refractivity contribution in [3.8, 4) is 28.4 Å². The van der Waals surface area contributed by atoms with Crippen LogP contribution >= 0.6 is 0 Å². The Labute approximate surface area is 221 Å². The van der Waals surface area contributed by atoms with E-state index in [1.165, 1.54) is 0 Å². The van der Waals surface area contributed by atoms with Crippen molar-refractivity contribution >= 4 is 17.8 Å². The molecular weight excluding hydrogens is 480 g/mol. The van der Waals surface area contributed by atoms with Gasteiger partial charge in [0.25, 0.3) is 5.91 Å². The first-order chi connectivity index (χ1) is 18.6. The van der Waals surface area contributed by atoms with Crippen LogP contribution in [0.3, 0.4) is 0 Å². The maximum Gasteiger partial charge on any atom is 0.254 e. The Kier molecular flexibility index (Phi) is 7.40. The highest BCUT2D eigenvalue weighted by Crippen LogP contribution is 2.29. The van der Waals surface area contributed by atoms with Gasteiger partial charge >= 0.3 is 0 Å². The molecule has 0 spiro atoms. The standard InChI is InChI=1S/C30H30N4O4/c1-3-38-26-11-7-10-24(18-26)34-19-27(21-8-5-4-6-9-21)31-30(34)32-28(35)20-33(23-14-15-23)29(36)22-12-16-25(37-2)17-13-22/h4-13,16-19,23H,3,14-15,20H2,1-2H3,(H,31,32,35). The number of hydrogen-bond donors (Lipinski definition) is 1. The third kappa shape index (κ3) is 5.70. The minimum Gasteiger partial charge on any atom is -0.497 e. The number of ether oxygens (including phenoxy) is 2. The van der Waals surface area contributed by atoms with Gasteiger partial charge in [-0.25, -0.2) is 4.98 Å². The van der Waals surface area contributed by atoms with Gasteiger partial charge in [-0.3, -0.25) is 19.5 Å². The molecule has 1 aromatic heterocycles. The summed E-state index contributed by atoms with van der Waals surface area (Å²) in [6.45, 7) is 2.41. The van der Waals surface area contributed by atoms with E-state index in [9.17, 15) is 9.59 Å². The number of hydrogen-bond acceptors (Lipinski definition) is 5. The first-order valence-electron chi connectivity index (χ1n) is 12.7. The average Bonchev–Trinajstić information content (AvgIpc) is 3.71. The summed E-state index contributed by atoms with van der Waals surface area (Å²) in [7, 11) is 1.58. The molecule has 0 unspecified atom stereocenters. The summed E-state index contributed by atoms with van der Waals surface area (Å²) in [6, 6.07) is 24.4. The minimum absolute atomic E-state index is 0.0536. The van der Waals surface area contributed by atoms with E-state index in [2.05, 4.69) is 5.32 Å². The fraction of sp³-hybridized carbons (Fsp3) is 0.233. The fourth-order valence-corrected chi connectivity index (χ4v) is 4.27. The number of benzene rings is 3. The molecule has 4 aromatic rings. The molecule has 0 atom stereocenters. The van der Waals surface area contributed by atoms with Gasteiger partial charge in [0.05, 0.1) is 25.1 Å². The van der Waals surface area contributed by atoms with Gasteiger partial charge in [0.2, 0.25) is 11.9 Å². The highest BCUT2D eigenvalue weighted by atomic mass is 16.5. The van der Waals surface area contributed by atoms with Gasteiger partial charge in [-0.1, -0.05) is 36.4 Å². The number of amides is 2. The summed E-state index contributed by atoms with van der Waals surface area (Å²) in [5.41, 5.74) is 2.97. The van der Waals surface area contributed by atoms with Crippen molar-refractivity contribution in [3.63, 3.8) is 0 Å². The van der Waals surface area contributed by atoms with E-state index in [-0.39, 0.29) is 24.4 Å². The molecule has 1 heterocycles. The third-order valence-corrected chi connectivity index (χ3v) is 6.33. The van der Waals surface area contributed by atoms with Crippen LogP contribution in [-0.4, -0.2) is 52.6 Å². The van der Waals surface area contributed by atoms with E-state index in [0.29, 0.717) is 23.9 Å². The van der Waals surface area contributed by atoms with Crippen LogP contribution < -0.4 is 14.8 Å². The molecular formula is C30H30N4O4. The van der Waals surface area contributed by atoms with E-state index in [1.807, 2.05) is 72.3 Å². The second-order valence-corrected chi connectivity index (χ2v) is 9.06. The maximum absolute atomic E-state index is 13.3. The quantitative estimate of drug-likeness (QED) is 0.317. The molecule has 0 radical (unpaired) electrons. The van der Waals surface area contributed by atoms with Gasteiger partial charge in [0, 0.05) is 29.4 Å². The van der Waals surface area contributed by atoms with Gasteiger partial charge < -0.3 is 14.4 Å². The number of carbonyl (C=O) groups excluding carboxylic acids is 2. The van der Waals surface area contributed by atoms with Gasteiger partial charge in [-0.05, 0) is 56.2 Å². The summed E-state index contributed by atoms with van der Waals surface area (Å²) in [5.74, 6) is 1.28. The van der Waals surface area contributed by atoms with Gasteiger partial charge in [-0.2, -0.15) is 0 Å². The van der Waals surface area contributed by atoms with Crippen LogP contribution in [0.1, 0.15) is 30.1 Å². The lowest BCUT2D eigenvalue weighted by atomic mass is 10.2. The molecule has 1 fully saturated rings. The molecule has 8 nitrogen and oxygen atoms in total. The Morgan fingerprint density at radius 3 is 2.45 bits per heavy atom. The molecule has 1 saturated carbocycles. The van der Waals surface area contributed by atoms with Crippen molar-refractivity contribution in [1.29, 1.82) is 0 Å². The zero-order chi connectivity index (χ0) is 26.5. The SMILES string of the molecule is CCOc1cccc(-n2cc(-c3ccccc3)nc2NC(=O)CN(C(=O)c2ccc(OC)cc2)C2CC2)c1. The molecule has 1 aliphatic rings. The molecule has 0 saturated heterocycles. The van der Waals surface area contributed by atoms with E-state index < -0.39 is 0 Å². The highest BCUT2D eigenvalue weighted by Gasteiger charge is 2.34. The highest BCUT2D eigenvalue weighted by molar-refractivity contribution is 5.99. The van der Waals surface area contributed by atoms with E-state index in [1.54, 1.807) is 36.3 Å². The lowest BCUT2D eigenvalue weighted by Gasteiger charge is -2.22. The Balaban J connectivity index is 1.40. The normalized spacial score (nSPS) is 12.6. The predicted molar refractivity (Wildman–Crippen MR) is 146 cm³/mol. The molecule has 0 aliphatic heterocycles. The van der Waals surface area contributed by atoms with Crippen LogP contribution in [0.2, 0.25) is 0 Å². The van der Waals surface area contributed by atoms with E-state index in [4.69, 9.17) is 14.5 Å². The molecule has 8 heteroatoms. The monoisotopic (exact) mass is 510 g/mol. The largest absolute Gasteiger partial charge is 0.497 e. The van der Waals surface area contributed by atoms with Crippen molar-refractivity contribution in [1.82, 2.24) is 14.5 Å². The Morgan fingerprint density at radius 1 is 1.00 bits per heavy atom. The second kappa shape index (κ2) is 11.2. The van der Waals surface area contributed by atoms with E-state index >= 15 is 0 Å². The number of anilines is 1. The van der Waals surface area contributed by atoms with Crippen molar-refractivity contribution in [2.45, 2.75) is 25.8 Å². The van der Waals surface area contributed by atoms with Crippen LogP contribution in [-0.2, 0) is 4.79 Å². The van der Waals surface area contributed by atoms with E-state index in [0.717, 1.165) is 35.5 Å². The lowest BCUT2D eigenvalue weighted by molar-refractivity contribution is -0.117. The first-order valence-corrected chi connectivity index (χ1v) is 12.7. The lowest BCUT2D eigenvalue weighted by Crippen LogP contribution is -2.39. The molecule has 194 valence electrons. The van der Waals surface area contributed by atoms with Crippen molar-refractivity contribution in [2.24, 2.45) is 0 Å². The number of rotatable bonds is 10. The Morgan fingerprint density at radius 2 is 1.76 bits per heavy atom. The number of imidazole rings is 1. The second-order valence-electron chi connectivity index (χ2n) is 9.06. The van der Waals surface area contributed by atoms with Crippen LogP contribution in [0.5, 0.6) is 11.5 Å². The first kappa shape index (κ1) is 25.1. The molecule has 5 rings (SSSR count). The zero-order valence-corrected chi connectivity index (χ0v) is 21.5. The van der Waals surface area contributed by atoms with Gasteiger partial charge in [0.15, 0.2) is 0 Å². The van der Waals surface area contributed by atoms with Gasteiger partial charge in [0.1, 0.15) is 18.0 Å². The van der Waals surface area contributed by atoms with Gasteiger partial charge in [-0.15, -0.1) is 0 Å². The third-order valence-electron chi connectivity index (χ3n) is 6.33. The summed E-state index contributed by atoms with van der Waals surface area (Å²) in [5, 5.41) is 2.95. The van der Waals surface area contributed by atoms with Crippen molar-refractivity contribution < 1.29 is 19.1 Å². The molecule has 2 amide bonds. The molecule has 38 heavy (non-hydrogen) atoms. The van der Waals surface area contributed by atoms with Crippen molar-refractivity contribution in [3.05, 3.63) is 90.6 Å². The smallest absolute Gasteiger partial charge is 0.254 e. The molecule has 0 bridgehead atoms. The zero-order valence-electron chi connectivity index (χ0n) is 21.5. The minimum atomic E-state index is -0.314. The summed E-state index contributed by atoms with van der Waals surface area (Å²) in [6.07, 6.45) is 3.65. The van der Waals surface area contributed by atoms with Crippen molar-refractivity contribution in [2.75, 3.05) is 25.6 Å². The molecule has 1 N–H and O–H groups in total. The fourth-order valence-electron chi connectivity index (χ4n) is 4.27. The topological polar surface area (TPSA) is 85.7 Å². The number of methoxy groups -OCH3 is 1. The van der Waals surface area contributed by atoms with Crippen LogP contribution in [0.4, 0.5) is 5.95 Å². The summed E-state index contributed by atoms with van der Waals surface area (Å²) in [4.78, 5) is 32.9. The number of nitrogens with zero attached hydrogens (tertiary/aromatic N) is 3. The number of carbonyl (C=O) groups is 2. The average molecular weight is 511 g/mol. The van der Waals surface area contributed by atoms with Crippen LogP contribution in [0.25, 0.3) is 16.9 Å². The summed E-state index contributed by atoms with van der Waals surface area (Å²) >= 11 is 0. The van der Waals surface area contributed by atoms with Crippen LogP contribution in [0.15, 0.2) is 85.1 Å². The Hall–Kier alpha value is -4.59. The predicted octanol–water partition coefficient (Wildman–Crippen LogP) is 5.19. The maximum atomic E-state index is 13.3. The molecule has 3 aromatic carbocycles. The molecule has 1 aliphatic carbocycles. The van der Waals surface area contributed by atoms with Crippen LogP contribution in [0, 0.1) is 0 Å². The number of aromatic nitrogens is 2. The Bertz CT molecular complexity index is 1410. The number of nitrogens with one attached hydrogen (secondary N) is 1.